The van der Waals surface area contributed by atoms with Crippen molar-refractivity contribution in [3.8, 4) is 0 Å². The average molecular weight is 199 g/mol. The van der Waals surface area contributed by atoms with Crippen molar-refractivity contribution < 1.29 is 9.28 Å². The molecule has 0 fully saturated rings. The minimum absolute atomic E-state index is 0.00862. The number of hydrogen-bond donors (Lipinski definition) is 1. The van der Waals surface area contributed by atoms with Crippen LogP contribution in [0.15, 0.2) is 12.2 Å². The van der Waals surface area contributed by atoms with Crippen LogP contribution in [0.3, 0.4) is 0 Å². The fourth-order valence-electron chi connectivity index (χ4n) is 1.09. The number of carbonyl (C=O) groups is 1. The van der Waals surface area contributed by atoms with Crippen LogP contribution in [-0.4, -0.2) is 44.1 Å². The maximum atomic E-state index is 11.0. The number of hydrogen-bond acceptors (Lipinski definition) is 1. The van der Waals surface area contributed by atoms with E-state index in [1.807, 2.05) is 6.92 Å². The molecule has 0 aromatic rings. The van der Waals surface area contributed by atoms with E-state index >= 15 is 0 Å². The second-order valence-electron chi connectivity index (χ2n) is 4.12. The summed E-state index contributed by atoms with van der Waals surface area (Å²) in [4.78, 5) is 11.0. The van der Waals surface area contributed by atoms with Crippen LogP contribution in [0, 0.1) is 0 Å². The minimum Gasteiger partial charge on any atom is -0.352 e. The standard InChI is InChI=1S/C11H22N2O/c1-5-8-11(14)12-9-7-10-13(3,4)6-2/h5,8H,6-7,9-10H2,1-4H3/p+1. The molecule has 0 rings (SSSR count). The van der Waals surface area contributed by atoms with Crippen LogP contribution in [0.25, 0.3) is 0 Å². The molecule has 3 heteroatoms. The lowest BCUT2D eigenvalue weighted by Crippen LogP contribution is -2.41. The second kappa shape index (κ2) is 6.60. The molecule has 3 nitrogen and oxygen atoms in total. The van der Waals surface area contributed by atoms with Gasteiger partial charge in [0.25, 0.3) is 0 Å². The predicted octanol–water partition coefficient (Wildman–Crippen LogP) is 1.17. The molecule has 1 amide bonds. The molecule has 82 valence electrons. The van der Waals surface area contributed by atoms with Gasteiger partial charge >= 0.3 is 0 Å². The van der Waals surface area contributed by atoms with Gasteiger partial charge in [0, 0.05) is 13.0 Å². The van der Waals surface area contributed by atoms with E-state index in [0.717, 1.165) is 30.5 Å². The van der Waals surface area contributed by atoms with Crippen LogP contribution in [-0.2, 0) is 4.79 Å². The molecule has 0 aliphatic heterocycles. The van der Waals surface area contributed by atoms with Crippen LogP contribution in [0.5, 0.6) is 0 Å². The molecule has 0 atom stereocenters. The van der Waals surface area contributed by atoms with Crippen molar-refractivity contribution in [2.24, 2.45) is 0 Å². The van der Waals surface area contributed by atoms with Gasteiger partial charge in [-0.05, 0) is 19.9 Å². The molecule has 0 unspecified atom stereocenters. The van der Waals surface area contributed by atoms with Gasteiger partial charge in [0.1, 0.15) is 0 Å². The fraction of sp³-hybridized carbons (Fsp3) is 0.727. The summed E-state index contributed by atoms with van der Waals surface area (Å²) in [7, 11) is 4.40. The summed E-state index contributed by atoms with van der Waals surface area (Å²) in [5.41, 5.74) is 0. The summed E-state index contributed by atoms with van der Waals surface area (Å²) in [6.45, 7) is 7.02. The molecule has 1 N–H and O–H groups in total. The first-order chi connectivity index (χ1) is 6.52. The Hall–Kier alpha value is -0.830. The first-order valence-corrected chi connectivity index (χ1v) is 5.24. The third kappa shape index (κ3) is 6.66. The number of carbonyl (C=O) groups excluding carboxylic acids is 1. The first kappa shape index (κ1) is 13.2. The predicted molar refractivity (Wildman–Crippen MR) is 60.0 cm³/mol. The number of rotatable bonds is 6. The Labute approximate surface area is 87.4 Å². The molecular formula is C11H23N2O+. The van der Waals surface area contributed by atoms with Gasteiger partial charge in [-0.2, -0.15) is 0 Å². The minimum atomic E-state index is 0.00862. The quantitative estimate of drug-likeness (QED) is 0.388. The highest BCUT2D eigenvalue weighted by atomic mass is 16.1. The molecule has 0 aromatic carbocycles. The van der Waals surface area contributed by atoms with E-state index in [4.69, 9.17) is 0 Å². The third-order valence-corrected chi connectivity index (χ3v) is 2.41. The monoisotopic (exact) mass is 199 g/mol. The summed E-state index contributed by atoms with van der Waals surface area (Å²) in [6.07, 6.45) is 4.34. The lowest BCUT2D eigenvalue weighted by atomic mass is 10.3. The zero-order chi connectivity index (χ0) is 11.0. The van der Waals surface area contributed by atoms with E-state index in [-0.39, 0.29) is 5.91 Å². The van der Waals surface area contributed by atoms with E-state index < -0.39 is 0 Å². The smallest absolute Gasteiger partial charge is 0.243 e. The van der Waals surface area contributed by atoms with Gasteiger partial charge in [0.15, 0.2) is 0 Å². The molecule has 14 heavy (non-hydrogen) atoms. The molecule has 0 bridgehead atoms. The van der Waals surface area contributed by atoms with Gasteiger partial charge in [0.05, 0.1) is 27.2 Å². The van der Waals surface area contributed by atoms with Crippen LogP contribution >= 0.6 is 0 Å². The molecule has 0 saturated carbocycles. The number of quaternary nitrogens is 1. The highest BCUT2D eigenvalue weighted by Gasteiger charge is 2.10. The Morgan fingerprint density at radius 2 is 2.07 bits per heavy atom. The largest absolute Gasteiger partial charge is 0.352 e. The summed E-state index contributed by atoms with van der Waals surface area (Å²) in [5, 5.41) is 2.84. The molecule has 0 aromatic heterocycles. The number of amides is 1. The van der Waals surface area contributed by atoms with Crippen LogP contribution in [0.4, 0.5) is 0 Å². The van der Waals surface area contributed by atoms with Crippen molar-refractivity contribution >= 4 is 5.91 Å². The van der Waals surface area contributed by atoms with Crippen LogP contribution < -0.4 is 5.32 Å². The Morgan fingerprint density at radius 1 is 1.43 bits per heavy atom. The second-order valence-corrected chi connectivity index (χ2v) is 4.12. The molecule has 0 saturated heterocycles. The normalized spacial score (nSPS) is 12.0. The maximum absolute atomic E-state index is 11.0. The van der Waals surface area contributed by atoms with E-state index in [1.54, 1.807) is 12.2 Å². The SMILES string of the molecule is CC=CC(=O)NCCC[N+](C)(C)CC. The van der Waals surface area contributed by atoms with Gasteiger partial charge in [-0.15, -0.1) is 0 Å². The van der Waals surface area contributed by atoms with Crippen molar-refractivity contribution in [1.82, 2.24) is 5.32 Å². The summed E-state index contributed by atoms with van der Waals surface area (Å²) in [6, 6.07) is 0. The van der Waals surface area contributed by atoms with Gasteiger partial charge in [-0.25, -0.2) is 0 Å². The number of nitrogens with zero attached hydrogens (tertiary/aromatic N) is 1. The molecule has 0 radical (unpaired) electrons. The van der Waals surface area contributed by atoms with E-state index in [1.165, 1.54) is 0 Å². The molecule has 0 heterocycles. The van der Waals surface area contributed by atoms with E-state index in [0.29, 0.717) is 0 Å². The molecule has 0 spiro atoms. The van der Waals surface area contributed by atoms with Crippen molar-refractivity contribution in [1.29, 1.82) is 0 Å². The Kier molecular flexibility index (Phi) is 6.21. The van der Waals surface area contributed by atoms with Gasteiger partial charge in [-0.1, -0.05) is 6.08 Å². The maximum Gasteiger partial charge on any atom is 0.243 e. The summed E-state index contributed by atoms with van der Waals surface area (Å²) >= 11 is 0. The van der Waals surface area contributed by atoms with Gasteiger partial charge in [0.2, 0.25) is 5.91 Å². The highest BCUT2D eigenvalue weighted by Crippen LogP contribution is 1.96. The number of allylic oxidation sites excluding steroid dienone is 1. The lowest BCUT2D eigenvalue weighted by Gasteiger charge is -2.28. The summed E-state index contributed by atoms with van der Waals surface area (Å²) in [5.74, 6) is 0.00862. The third-order valence-electron chi connectivity index (χ3n) is 2.41. The Balaban J connectivity index is 3.52. The zero-order valence-electron chi connectivity index (χ0n) is 9.84. The topological polar surface area (TPSA) is 29.1 Å². The van der Waals surface area contributed by atoms with Crippen LogP contribution in [0.2, 0.25) is 0 Å². The van der Waals surface area contributed by atoms with Gasteiger partial charge < -0.3 is 9.80 Å². The fourth-order valence-corrected chi connectivity index (χ4v) is 1.09. The first-order valence-electron chi connectivity index (χ1n) is 5.24. The van der Waals surface area contributed by atoms with Crippen molar-refractivity contribution in [2.45, 2.75) is 20.3 Å². The summed E-state index contributed by atoms with van der Waals surface area (Å²) < 4.78 is 1.01. The Morgan fingerprint density at radius 3 is 2.57 bits per heavy atom. The number of nitrogens with one attached hydrogen (secondary N) is 1. The molecule has 0 aliphatic rings. The van der Waals surface area contributed by atoms with Crippen molar-refractivity contribution in [3.63, 3.8) is 0 Å². The van der Waals surface area contributed by atoms with Crippen LogP contribution in [0.1, 0.15) is 20.3 Å². The Bertz CT molecular complexity index is 197. The van der Waals surface area contributed by atoms with Gasteiger partial charge in [-0.3, -0.25) is 4.79 Å². The lowest BCUT2D eigenvalue weighted by molar-refractivity contribution is -0.888. The molecule has 0 aliphatic carbocycles. The van der Waals surface area contributed by atoms with Crippen molar-refractivity contribution in [2.75, 3.05) is 33.7 Å². The van der Waals surface area contributed by atoms with E-state index in [2.05, 4.69) is 26.3 Å². The van der Waals surface area contributed by atoms with E-state index in [9.17, 15) is 4.79 Å². The van der Waals surface area contributed by atoms with Crippen molar-refractivity contribution in [3.05, 3.63) is 12.2 Å². The average Bonchev–Trinajstić information content (AvgIpc) is 2.13. The molecular weight excluding hydrogens is 176 g/mol. The highest BCUT2D eigenvalue weighted by molar-refractivity contribution is 5.87. The zero-order valence-corrected chi connectivity index (χ0v) is 9.84.